The molecule has 1 amide bonds. The first-order valence-corrected chi connectivity index (χ1v) is 11.1. The molecule has 22 heavy (non-hydrogen) atoms. The highest BCUT2D eigenvalue weighted by atomic mass is 28.4. The molecule has 0 heterocycles. The van der Waals surface area contributed by atoms with Crippen molar-refractivity contribution in [1.82, 2.24) is 5.32 Å². The normalized spacial score (nSPS) is 13.2. The molecule has 0 rings (SSSR count). The minimum Gasteiger partial charge on any atom is -0.444 e. The van der Waals surface area contributed by atoms with Crippen molar-refractivity contribution >= 4 is 14.4 Å². The summed E-state index contributed by atoms with van der Waals surface area (Å²) in [6.45, 7) is 17.7. The molecular formula is C16H36N2O3Si. The standard InChI is InChI=1S/C16H36N2O3Si/c1-15(2,3)22(6,7)20-13-12-18-11-9-8-10-16(4,5)21-14(17)19/h18H,8-13H2,1-7H3,(H2,17,19). The molecule has 0 bridgehead atoms. The Morgan fingerprint density at radius 3 is 2.18 bits per heavy atom. The van der Waals surface area contributed by atoms with Crippen molar-refractivity contribution in [2.45, 2.75) is 77.6 Å². The molecule has 0 aliphatic heterocycles. The van der Waals surface area contributed by atoms with Gasteiger partial charge in [-0.2, -0.15) is 0 Å². The van der Waals surface area contributed by atoms with E-state index in [0.717, 1.165) is 39.0 Å². The van der Waals surface area contributed by atoms with Gasteiger partial charge >= 0.3 is 6.09 Å². The summed E-state index contributed by atoms with van der Waals surface area (Å²) in [6.07, 6.45) is 2.16. The summed E-state index contributed by atoms with van der Waals surface area (Å²) in [6, 6.07) is 0. The number of carbonyl (C=O) groups excluding carboxylic acids is 1. The highest BCUT2D eigenvalue weighted by molar-refractivity contribution is 6.74. The van der Waals surface area contributed by atoms with Crippen molar-refractivity contribution < 1.29 is 14.0 Å². The van der Waals surface area contributed by atoms with Gasteiger partial charge in [0.25, 0.3) is 0 Å². The van der Waals surface area contributed by atoms with Gasteiger partial charge in [-0.1, -0.05) is 20.8 Å². The lowest BCUT2D eigenvalue weighted by Crippen LogP contribution is -2.42. The predicted octanol–water partition coefficient (Wildman–Crippen LogP) is 3.64. The predicted molar refractivity (Wildman–Crippen MR) is 94.6 cm³/mol. The molecule has 0 aromatic rings. The minimum absolute atomic E-state index is 0.263. The van der Waals surface area contributed by atoms with Crippen LogP contribution in [0.2, 0.25) is 18.1 Å². The molecule has 0 aromatic heterocycles. The van der Waals surface area contributed by atoms with Crippen molar-refractivity contribution in [3.8, 4) is 0 Å². The van der Waals surface area contributed by atoms with Gasteiger partial charge in [0, 0.05) is 13.2 Å². The van der Waals surface area contributed by atoms with Crippen LogP contribution in [0.15, 0.2) is 0 Å². The molecule has 0 aliphatic rings. The number of carbonyl (C=O) groups is 1. The van der Waals surface area contributed by atoms with Crippen LogP contribution < -0.4 is 11.1 Å². The van der Waals surface area contributed by atoms with E-state index in [1.165, 1.54) is 0 Å². The van der Waals surface area contributed by atoms with Crippen molar-refractivity contribution in [2.24, 2.45) is 5.73 Å². The number of ether oxygens (including phenoxy) is 1. The third-order valence-corrected chi connectivity index (χ3v) is 8.85. The lowest BCUT2D eigenvalue weighted by Gasteiger charge is -2.36. The molecule has 0 saturated carbocycles. The Morgan fingerprint density at radius 1 is 1.09 bits per heavy atom. The van der Waals surface area contributed by atoms with Gasteiger partial charge in [-0.3, -0.25) is 0 Å². The molecule has 0 atom stereocenters. The number of hydrogen-bond acceptors (Lipinski definition) is 4. The van der Waals surface area contributed by atoms with Crippen LogP contribution in [-0.4, -0.2) is 39.7 Å². The van der Waals surface area contributed by atoms with Crippen LogP contribution in [0.4, 0.5) is 4.79 Å². The van der Waals surface area contributed by atoms with E-state index in [4.69, 9.17) is 14.9 Å². The van der Waals surface area contributed by atoms with E-state index in [1.807, 2.05) is 13.8 Å². The van der Waals surface area contributed by atoms with Gasteiger partial charge in [-0.05, 0) is 57.8 Å². The number of rotatable bonds is 10. The number of nitrogens with two attached hydrogens (primary N) is 1. The number of amides is 1. The molecular weight excluding hydrogens is 296 g/mol. The Hall–Kier alpha value is -0.593. The summed E-state index contributed by atoms with van der Waals surface area (Å²) in [4.78, 5) is 10.8. The fraction of sp³-hybridized carbons (Fsp3) is 0.938. The van der Waals surface area contributed by atoms with Crippen LogP contribution in [0.5, 0.6) is 0 Å². The largest absolute Gasteiger partial charge is 0.444 e. The van der Waals surface area contributed by atoms with Crippen LogP contribution in [0, 0.1) is 0 Å². The van der Waals surface area contributed by atoms with E-state index >= 15 is 0 Å². The fourth-order valence-electron chi connectivity index (χ4n) is 1.84. The molecule has 0 unspecified atom stereocenters. The first-order chi connectivity index (χ1) is 9.87. The third-order valence-electron chi connectivity index (χ3n) is 4.31. The van der Waals surface area contributed by atoms with Gasteiger partial charge in [-0.25, -0.2) is 4.79 Å². The smallest absolute Gasteiger partial charge is 0.405 e. The van der Waals surface area contributed by atoms with Crippen LogP contribution in [0.1, 0.15) is 53.9 Å². The van der Waals surface area contributed by atoms with E-state index < -0.39 is 20.0 Å². The molecule has 0 radical (unpaired) electrons. The van der Waals surface area contributed by atoms with Gasteiger partial charge in [0.05, 0.1) is 0 Å². The minimum atomic E-state index is -1.62. The average molecular weight is 333 g/mol. The summed E-state index contributed by atoms with van der Waals surface area (Å²) in [5, 5.41) is 3.66. The summed E-state index contributed by atoms with van der Waals surface area (Å²) in [5.41, 5.74) is 4.57. The molecule has 0 saturated heterocycles. The first kappa shape index (κ1) is 21.4. The fourth-order valence-corrected chi connectivity index (χ4v) is 2.89. The van der Waals surface area contributed by atoms with E-state index in [2.05, 4.69) is 39.2 Å². The molecule has 6 heteroatoms. The summed E-state index contributed by atoms with van der Waals surface area (Å²) in [5.74, 6) is 0. The van der Waals surface area contributed by atoms with Gasteiger partial charge < -0.3 is 20.2 Å². The average Bonchev–Trinajstić information content (AvgIpc) is 2.29. The molecule has 0 fully saturated rings. The highest BCUT2D eigenvalue weighted by Gasteiger charge is 2.36. The Balaban J connectivity index is 3.66. The Morgan fingerprint density at radius 2 is 1.68 bits per heavy atom. The maximum absolute atomic E-state index is 10.8. The number of hydrogen-bond donors (Lipinski definition) is 2. The molecule has 0 spiro atoms. The van der Waals surface area contributed by atoms with Gasteiger partial charge in [-0.15, -0.1) is 0 Å². The summed E-state index contributed by atoms with van der Waals surface area (Å²) >= 11 is 0. The van der Waals surface area contributed by atoms with Crippen molar-refractivity contribution in [1.29, 1.82) is 0 Å². The second kappa shape index (κ2) is 8.89. The van der Waals surface area contributed by atoms with Crippen molar-refractivity contribution in [3.63, 3.8) is 0 Å². The Kier molecular flexibility index (Phi) is 8.65. The van der Waals surface area contributed by atoms with E-state index in [9.17, 15) is 4.79 Å². The van der Waals surface area contributed by atoms with E-state index in [-0.39, 0.29) is 5.04 Å². The Labute approximate surface area is 137 Å². The number of primary amides is 1. The summed E-state index contributed by atoms with van der Waals surface area (Å²) < 4.78 is 11.2. The van der Waals surface area contributed by atoms with Gasteiger partial charge in [0.1, 0.15) is 5.60 Å². The van der Waals surface area contributed by atoms with E-state index in [1.54, 1.807) is 0 Å². The van der Waals surface area contributed by atoms with Crippen LogP contribution in [-0.2, 0) is 9.16 Å². The monoisotopic (exact) mass is 332 g/mol. The number of unbranched alkanes of at least 4 members (excludes halogenated alkanes) is 1. The maximum Gasteiger partial charge on any atom is 0.405 e. The maximum atomic E-state index is 10.8. The Bertz CT molecular complexity index is 339. The van der Waals surface area contributed by atoms with Crippen molar-refractivity contribution in [3.05, 3.63) is 0 Å². The lowest BCUT2D eigenvalue weighted by atomic mass is 10.0. The molecule has 0 aliphatic carbocycles. The summed E-state index contributed by atoms with van der Waals surface area (Å²) in [7, 11) is -1.62. The molecule has 5 nitrogen and oxygen atoms in total. The van der Waals surface area contributed by atoms with Crippen LogP contribution in [0.25, 0.3) is 0 Å². The van der Waals surface area contributed by atoms with Gasteiger partial charge in [0.2, 0.25) is 0 Å². The van der Waals surface area contributed by atoms with Gasteiger partial charge in [0.15, 0.2) is 8.32 Å². The lowest BCUT2D eigenvalue weighted by molar-refractivity contribution is 0.0373. The zero-order valence-corrected chi connectivity index (χ0v) is 16.5. The second-order valence-electron chi connectivity index (χ2n) is 8.00. The zero-order valence-electron chi connectivity index (χ0n) is 15.5. The first-order valence-electron chi connectivity index (χ1n) is 8.20. The zero-order chi connectivity index (χ0) is 17.4. The third kappa shape index (κ3) is 9.43. The molecule has 0 aromatic carbocycles. The van der Waals surface area contributed by atoms with Crippen LogP contribution >= 0.6 is 0 Å². The highest BCUT2D eigenvalue weighted by Crippen LogP contribution is 2.36. The topological polar surface area (TPSA) is 73.6 Å². The van der Waals surface area contributed by atoms with E-state index in [0.29, 0.717) is 0 Å². The number of nitrogens with one attached hydrogen (secondary N) is 1. The van der Waals surface area contributed by atoms with Crippen LogP contribution in [0.3, 0.4) is 0 Å². The molecule has 3 N–H and O–H groups in total. The second-order valence-corrected chi connectivity index (χ2v) is 12.8. The quantitative estimate of drug-likeness (QED) is 0.473. The molecule has 132 valence electrons. The van der Waals surface area contributed by atoms with Crippen molar-refractivity contribution in [2.75, 3.05) is 19.7 Å². The SMILES string of the molecule is CC(C)(CCCCNCCO[Si](C)(C)C(C)(C)C)OC(N)=O.